The lowest BCUT2D eigenvalue weighted by Gasteiger charge is -2.17. The van der Waals surface area contributed by atoms with Gasteiger partial charge in [0.15, 0.2) is 0 Å². The number of rotatable bonds is 4. The zero-order chi connectivity index (χ0) is 15.9. The van der Waals surface area contributed by atoms with E-state index in [-0.39, 0.29) is 11.9 Å². The molecule has 114 valence electrons. The molecular weight excluding hydrogens is 280 g/mol. The Bertz CT molecular complexity index is 641. The first-order valence-electron chi connectivity index (χ1n) is 6.84. The molecule has 22 heavy (non-hydrogen) atoms. The third kappa shape index (κ3) is 4.59. The quantitative estimate of drug-likeness (QED) is 0.911. The van der Waals surface area contributed by atoms with Crippen LogP contribution in [0.3, 0.4) is 0 Å². The van der Waals surface area contributed by atoms with Crippen LogP contribution in [0.15, 0.2) is 48.7 Å². The van der Waals surface area contributed by atoms with Gasteiger partial charge in [-0.25, -0.2) is 4.79 Å². The van der Waals surface area contributed by atoms with E-state index < -0.39 is 0 Å². The lowest BCUT2D eigenvalue weighted by molar-refractivity contribution is -0.114. The average Bonchev–Trinajstić information content (AvgIpc) is 2.49. The first-order chi connectivity index (χ1) is 10.5. The van der Waals surface area contributed by atoms with Gasteiger partial charge in [0.25, 0.3) is 0 Å². The van der Waals surface area contributed by atoms with Gasteiger partial charge in [0.05, 0.1) is 12.2 Å². The predicted octanol–water partition coefficient (Wildman–Crippen LogP) is 2.70. The van der Waals surface area contributed by atoms with Crippen LogP contribution in [0.25, 0.3) is 0 Å². The molecule has 0 spiro atoms. The third-order valence-electron chi connectivity index (χ3n) is 2.93. The maximum Gasteiger partial charge on any atom is 0.321 e. The van der Waals surface area contributed by atoms with E-state index in [0.717, 1.165) is 5.69 Å². The van der Waals surface area contributed by atoms with Gasteiger partial charge in [0.2, 0.25) is 5.91 Å². The summed E-state index contributed by atoms with van der Waals surface area (Å²) in [6.07, 6.45) is 1.70. The van der Waals surface area contributed by atoms with Gasteiger partial charge in [0.1, 0.15) is 0 Å². The number of hydrogen-bond donors (Lipinski definition) is 2. The molecule has 6 heteroatoms. The number of pyridine rings is 1. The summed E-state index contributed by atoms with van der Waals surface area (Å²) in [5.41, 5.74) is 2.17. The molecule has 0 fully saturated rings. The second-order valence-corrected chi connectivity index (χ2v) is 4.87. The van der Waals surface area contributed by atoms with Crippen molar-refractivity contribution in [2.45, 2.75) is 13.5 Å². The molecule has 2 rings (SSSR count). The van der Waals surface area contributed by atoms with Crippen molar-refractivity contribution in [3.05, 3.63) is 54.4 Å². The summed E-state index contributed by atoms with van der Waals surface area (Å²) in [4.78, 5) is 28.8. The van der Waals surface area contributed by atoms with E-state index in [1.165, 1.54) is 6.92 Å². The van der Waals surface area contributed by atoms with E-state index in [0.29, 0.717) is 17.9 Å². The predicted molar refractivity (Wildman–Crippen MR) is 85.5 cm³/mol. The monoisotopic (exact) mass is 298 g/mol. The van der Waals surface area contributed by atoms with Crippen molar-refractivity contribution in [2.24, 2.45) is 0 Å². The summed E-state index contributed by atoms with van der Waals surface area (Å²) in [6.45, 7) is 1.87. The molecule has 2 N–H and O–H groups in total. The minimum Gasteiger partial charge on any atom is -0.326 e. The van der Waals surface area contributed by atoms with Crippen molar-refractivity contribution in [1.29, 1.82) is 0 Å². The number of nitrogens with one attached hydrogen (secondary N) is 2. The Morgan fingerprint density at radius 1 is 1.05 bits per heavy atom. The fourth-order valence-corrected chi connectivity index (χ4v) is 1.87. The minimum atomic E-state index is -0.224. The molecule has 0 bridgehead atoms. The summed E-state index contributed by atoms with van der Waals surface area (Å²) in [5.74, 6) is -0.133. The molecular formula is C16H18N4O2. The van der Waals surface area contributed by atoms with Crippen LogP contribution in [0, 0.1) is 0 Å². The molecule has 0 radical (unpaired) electrons. The Morgan fingerprint density at radius 2 is 1.68 bits per heavy atom. The SMILES string of the molecule is CC(=O)Nc1ccc(NC(=O)N(C)Cc2ccccn2)cc1. The maximum atomic E-state index is 12.1. The maximum absolute atomic E-state index is 12.1. The van der Waals surface area contributed by atoms with Crippen LogP contribution in [0.2, 0.25) is 0 Å². The zero-order valence-electron chi connectivity index (χ0n) is 12.5. The number of anilines is 2. The Morgan fingerprint density at radius 3 is 2.23 bits per heavy atom. The highest BCUT2D eigenvalue weighted by Gasteiger charge is 2.09. The highest BCUT2D eigenvalue weighted by atomic mass is 16.2. The molecule has 6 nitrogen and oxygen atoms in total. The molecule has 0 atom stereocenters. The number of hydrogen-bond acceptors (Lipinski definition) is 3. The number of aromatic nitrogens is 1. The summed E-state index contributed by atoms with van der Waals surface area (Å²) in [5, 5.41) is 5.46. The van der Waals surface area contributed by atoms with Crippen molar-refractivity contribution in [1.82, 2.24) is 9.88 Å². The van der Waals surface area contributed by atoms with Gasteiger partial charge in [-0.3, -0.25) is 9.78 Å². The van der Waals surface area contributed by atoms with E-state index in [4.69, 9.17) is 0 Å². The van der Waals surface area contributed by atoms with Crippen molar-refractivity contribution in [3.63, 3.8) is 0 Å². The highest BCUT2D eigenvalue weighted by molar-refractivity contribution is 5.91. The van der Waals surface area contributed by atoms with Crippen LogP contribution in [0.5, 0.6) is 0 Å². The largest absolute Gasteiger partial charge is 0.326 e. The van der Waals surface area contributed by atoms with Gasteiger partial charge in [-0.05, 0) is 36.4 Å². The van der Waals surface area contributed by atoms with Crippen LogP contribution < -0.4 is 10.6 Å². The van der Waals surface area contributed by atoms with Gasteiger partial charge in [-0.2, -0.15) is 0 Å². The highest BCUT2D eigenvalue weighted by Crippen LogP contribution is 2.14. The van der Waals surface area contributed by atoms with E-state index in [9.17, 15) is 9.59 Å². The number of carbonyl (C=O) groups is 2. The summed E-state index contributed by atoms with van der Waals surface area (Å²) >= 11 is 0. The Kier molecular flexibility index (Phi) is 5.08. The molecule has 0 saturated carbocycles. The Balaban J connectivity index is 1.92. The van der Waals surface area contributed by atoms with Gasteiger partial charge in [0, 0.05) is 31.5 Å². The number of benzene rings is 1. The van der Waals surface area contributed by atoms with E-state index in [2.05, 4.69) is 15.6 Å². The molecule has 2 aromatic rings. The number of urea groups is 1. The smallest absolute Gasteiger partial charge is 0.321 e. The number of carbonyl (C=O) groups excluding carboxylic acids is 2. The topological polar surface area (TPSA) is 74.3 Å². The van der Waals surface area contributed by atoms with Crippen LogP contribution >= 0.6 is 0 Å². The van der Waals surface area contributed by atoms with Gasteiger partial charge < -0.3 is 15.5 Å². The fourth-order valence-electron chi connectivity index (χ4n) is 1.87. The van der Waals surface area contributed by atoms with Crippen molar-refractivity contribution < 1.29 is 9.59 Å². The van der Waals surface area contributed by atoms with E-state index in [1.54, 1.807) is 42.4 Å². The zero-order valence-corrected chi connectivity index (χ0v) is 12.5. The van der Waals surface area contributed by atoms with E-state index >= 15 is 0 Å². The van der Waals surface area contributed by atoms with Crippen molar-refractivity contribution in [2.75, 3.05) is 17.7 Å². The summed E-state index contributed by atoms with van der Waals surface area (Å²) < 4.78 is 0. The molecule has 1 heterocycles. The van der Waals surface area contributed by atoms with E-state index in [1.807, 2.05) is 18.2 Å². The molecule has 0 saturated heterocycles. The van der Waals surface area contributed by atoms with Crippen LogP contribution in [0.4, 0.5) is 16.2 Å². The Labute approximate surface area is 129 Å². The van der Waals surface area contributed by atoms with Crippen molar-refractivity contribution >= 4 is 23.3 Å². The van der Waals surface area contributed by atoms with Gasteiger partial charge in [-0.1, -0.05) is 6.07 Å². The lowest BCUT2D eigenvalue weighted by atomic mass is 10.3. The first kappa shape index (κ1) is 15.5. The second kappa shape index (κ2) is 7.21. The molecule has 1 aromatic heterocycles. The summed E-state index contributed by atoms with van der Waals surface area (Å²) in [6, 6.07) is 12.3. The molecule has 0 aliphatic carbocycles. The summed E-state index contributed by atoms with van der Waals surface area (Å²) in [7, 11) is 1.70. The number of amides is 3. The van der Waals surface area contributed by atoms with Crippen LogP contribution in [-0.4, -0.2) is 28.9 Å². The second-order valence-electron chi connectivity index (χ2n) is 4.87. The molecule has 3 amide bonds. The molecule has 1 aromatic carbocycles. The van der Waals surface area contributed by atoms with Gasteiger partial charge >= 0.3 is 6.03 Å². The first-order valence-corrected chi connectivity index (χ1v) is 6.84. The Hall–Kier alpha value is -2.89. The van der Waals surface area contributed by atoms with Crippen LogP contribution in [-0.2, 0) is 11.3 Å². The fraction of sp³-hybridized carbons (Fsp3) is 0.188. The van der Waals surface area contributed by atoms with Crippen molar-refractivity contribution in [3.8, 4) is 0 Å². The molecule has 0 aliphatic rings. The lowest BCUT2D eigenvalue weighted by Crippen LogP contribution is -2.31. The average molecular weight is 298 g/mol. The third-order valence-corrected chi connectivity index (χ3v) is 2.93. The van der Waals surface area contributed by atoms with Crippen LogP contribution in [0.1, 0.15) is 12.6 Å². The minimum absolute atomic E-state index is 0.133. The number of nitrogens with zero attached hydrogens (tertiary/aromatic N) is 2. The standard InChI is InChI=1S/C16H18N4O2/c1-12(21)18-13-6-8-14(9-7-13)19-16(22)20(2)11-15-5-3-4-10-17-15/h3-10H,11H2,1-2H3,(H,18,21)(H,19,22). The molecule has 0 aliphatic heterocycles. The van der Waals surface area contributed by atoms with Gasteiger partial charge in [-0.15, -0.1) is 0 Å². The molecule has 0 unspecified atom stereocenters. The normalized spacial score (nSPS) is 9.91.